The van der Waals surface area contributed by atoms with Crippen molar-refractivity contribution in [1.82, 2.24) is 0 Å². The van der Waals surface area contributed by atoms with Crippen LogP contribution in [0.3, 0.4) is 0 Å². The zero-order valence-corrected chi connectivity index (χ0v) is 16.1. The van der Waals surface area contributed by atoms with Gasteiger partial charge in [0.2, 0.25) is 0 Å². The van der Waals surface area contributed by atoms with Gasteiger partial charge in [0.1, 0.15) is 17.8 Å². The third-order valence-electron chi connectivity index (χ3n) is 3.85. The molecule has 0 amide bonds. The summed E-state index contributed by atoms with van der Waals surface area (Å²) in [5.41, 5.74) is 1.79. The first-order valence-corrected chi connectivity index (χ1v) is 9.27. The second-order valence-corrected chi connectivity index (χ2v) is 6.92. The van der Waals surface area contributed by atoms with Crippen molar-refractivity contribution < 1.29 is 23.3 Å². The van der Waals surface area contributed by atoms with Gasteiger partial charge in [-0.05, 0) is 31.5 Å². The number of ether oxygens (including phenoxy) is 2. The minimum Gasteiger partial charge on any atom is -0.497 e. The van der Waals surface area contributed by atoms with Crippen LogP contribution in [0.5, 0.6) is 11.5 Å². The Bertz CT molecular complexity index is 814. The first kappa shape index (κ1) is 20.8. The molecular formula is C21H20O5S. The van der Waals surface area contributed by atoms with Crippen LogP contribution in [0, 0.1) is 31.4 Å². The Morgan fingerprint density at radius 3 is 2.26 bits per heavy atom. The molecule has 4 radical (unpaired) electrons. The molecule has 0 aliphatic rings. The van der Waals surface area contributed by atoms with E-state index >= 15 is 0 Å². The third-order valence-corrected chi connectivity index (χ3v) is 4.97. The summed E-state index contributed by atoms with van der Waals surface area (Å²) in [7, 11) is 1.54. The molecule has 0 fully saturated rings. The van der Waals surface area contributed by atoms with Gasteiger partial charge < -0.3 is 14.3 Å². The monoisotopic (exact) mass is 384 g/mol. The van der Waals surface area contributed by atoms with E-state index in [1.54, 1.807) is 30.7 Å². The van der Waals surface area contributed by atoms with Crippen molar-refractivity contribution in [2.45, 2.75) is 11.8 Å². The highest BCUT2D eigenvalue weighted by Crippen LogP contribution is 2.36. The van der Waals surface area contributed by atoms with Crippen molar-refractivity contribution in [1.29, 1.82) is 0 Å². The Kier molecular flexibility index (Phi) is 7.73. The van der Waals surface area contributed by atoms with Gasteiger partial charge in [0.25, 0.3) is 0 Å². The van der Waals surface area contributed by atoms with E-state index in [1.807, 2.05) is 19.1 Å². The maximum atomic E-state index is 12.5. The molecule has 0 aromatic heterocycles. The predicted molar refractivity (Wildman–Crippen MR) is 104 cm³/mol. The molecule has 0 saturated carbocycles. The van der Waals surface area contributed by atoms with Crippen molar-refractivity contribution in [2.75, 3.05) is 14.2 Å². The summed E-state index contributed by atoms with van der Waals surface area (Å²) in [6.45, 7) is 1.95. The summed E-state index contributed by atoms with van der Waals surface area (Å²) in [5.74, 6) is 2.70. The lowest BCUT2D eigenvalue weighted by molar-refractivity contribution is -0.105. The van der Waals surface area contributed by atoms with Crippen LogP contribution < -0.4 is 9.47 Å². The van der Waals surface area contributed by atoms with Crippen LogP contribution in [0.15, 0.2) is 41.3 Å². The van der Waals surface area contributed by atoms with Gasteiger partial charge >= 0.3 is 0 Å². The molecule has 0 saturated heterocycles. The van der Waals surface area contributed by atoms with Crippen LogP contribution in [0.1, 0.15) is 21.5 Å². The molecule has 0 heterocycles. The lowest BCUT2D eigenvalue weighted by Crippen LogP contribution is -2.10. The number of hydrogen-bond donors (Lipinski definition) is 0. The number of aryl methyl sites for hydroxylation is 1. The average molecular weight is 384 g/mol. The summed E-state index contributed by atoms with van der Waals surface area (Å²) in [5, 5.41) is 0. The molecule has 2 rings (SSSR count). The minimum absolute atomic E-state index is 0.296. The quantitative estimate of drug-likeness (QED) is 0.588. The second-order valence-electron chi connectivity index (χ2n) is 5.58. The van der Waals surface area contributed by atoms with Gasteiger partial charge in [0.05, 0.1) is 30.8 Å². The van der Waals surface area contributed by atoms with Gasteiger partial charge in [-0.1, -0.05) is 17.7 Å². The van der Waals surface area contributed by atoms with Gasteiger partial charge in [0.15, 0.2) is 6.29 Å². The van der Waals surface area contributed by atoms with Crippen molar-refractivity contribution in [3.63, 3.8) is 0 Å². The Balaban J connectivity index is 2.29. The Hall–Kier alpha value is -2.47. The zero-order valence-electron chi connectivity index (χ0n) is 15.3. The van der Waals surface area contributed by atoms with Crippen molar-refractivity contribution in [3.8, 4) is 11.5 Å². The van der Waals surface area contributed by atoms with Gasteiger partial charge in [-0.3, -0.25) is 9.00 Å². The smallest absolute Gasteiger partial charge is 0.150 e. The van der Waals surface area contributed by atoms with Crippen LogP contribution in [0.2, 0.25) is 0 Å². The topological polar surface area (TPSA) is 69.7 Å². The van der Waals surface area contributed by atoms with E-state index in [4.69, 9.17) is 9.47 Å². The summed E-state index contributed by atoms with van der Waals surface area (Å²) in [6, 6.07) is 10.5. The summed E-state index contributed by atoms with van der Waals surface area (Å²) in [4.78, 5) is 23.3. The van der Waals surface area contributed by atoms with Crippen molar-refractivity contribution in [3.05, 3.63) is 77.6 Å². The molecule has 140 valence electrons. The fourth-order valence-corrected chi connectivity index (χ4v) is 3.30. The average Bonchev–Trinajstić information content (AvgIpc) is 2.70. The number of benzene rings is 2. The second kappa shape index (κ2) is 10.0. The number of carbonyl (C=O) groups is 2. The minimum atomic E-state index is -1.40. The summed E-state index contributed by atoms with van der Waals surface area (Å²) >= 11 is 0. The molecule has 5 nitrogen and oxygen atoms in total. The molecule has 0 N–H and O–H groups in total. The fourth-order valence-electron chi connectivity index (χ4n) is 2.47. The standard InChI is InChI=1S/C21H20O5S/c1-15-4-6-19(7-5-15)27(24)11-9-16(8-10-22)21-17(14-23)12-18(25-2)13-20(21)26-3/h4-14H,1-3H3/t27-/m1/s1. The maximum Gasteiger partial charge on any atom is 0.150 e. The van der Waals surface area contributed by atoms with E-state index in [2.05, 4.69) is 0 Å². The van der Waals surface area contributed by atoms with Gasteiger partial charge in [-0.2, -0.15) is 0 Å². The normalized spacial score (nSPS) is 11.9. The zero-order chi connectivity index (χ0) is 19.8. The van der Waals surface area contributed by atoms with E-state index in [0.29, 0.717) is 46.0 Å². The van der Waals surface area contributed by atoms with Crippen molar-refractivity contribution >= 4 is 23.4 Å². The molecule has 0 bridgehead atoms. The van der Waals surface area contributed by atoms with E-state index < -0.39 is 10.8 Å². The number of aldehydes is 2. The van der Waals surface area contributed by atoms with Crippen LogP contribution in [-0.4, -0.2) is 31.0 Å². The Morgan fingerprint density at radius 2 is 1.70 bits per heavy atom. The molecule has 0 unspecified atom stereocenters. The van der Waals surface area contributed by atoms with E-state index in [-0.39, 0.29) is 0 Å². The van der Waals surface area contributed by atoms with E-state index in [9.17, 15) is 13.8 Å². The number of hydrogen-bond acceptors (Lipinski definition) is 5. The largest absolute Gasteiger partial charge is 0.497 e. The summed E-state index contributed by atoms with van der Waals surface area (Å²) < 4.78 is 23.0. The molecule has 1 atom stereocenters. The highest BCUT2D eigenvalue weighted by atomic mass is 32.2. The van der Waals surface area contributed by atoms with Gasteiger partial charge in [-0.15, -0.1) is 0 Å². The molecule has 0 aliphatic heterocycles. The first-order chi connectivity index (χ1) is 13.0. The molecule has 2 aromatic carbocycles. The summed E-state index contributed by atoms with van der Waals surface area (Å²) in [6.07, 6.45) is 4.10. The SMILES string of the molecule is COc1cc(C=O)c([C]([CH][CH][S@@](=O)c2ccc(C)cc2)[CH]C=O)c(OC)c1. The van der Waals surface area contributed by atoms with Gasteiger partial charge in [-0.25, -0.2) is 0 Å². The van der Waals surface area contributed by atoms with Crippen molar-refractivity contribution in [2.24, 2.45) is 0 Å². The molecule has 27 heavy (non-hydrogen) atoms. The van der Waals surface area contributed by atoms with Gasteiger partial charge in [0, 0.05) is 34.4 Å². The van der Waals surface area contributed by atoms with Crippen LogP contribution >= 0.6 is 0 Å². The maximum absolute atomic E-state index is 12.5. The number of methoxy groups -OCH3 is 2. The first-order valence-electron chi connectivity index (χ1n) is 8.06. The van der Waals surface area contributed by atoms with Crippen LogP contribution in [0.4, 0.5) is 0 Å². The highest BCUT2D eigenvalue weighted by molar-refractivity contribution is 7.87. The highest BCUT2D eigenvalue weighted by Gasteiger charge is 2.23. The van der Waals surface area contributed by atoms with E-state index in [1.165, 1.54) is 26.4 Å². The Labute approximate surface area is 162 Å². The molecular weight excluding hydrogens is 364 g/mol. The number of carbonyl (C=O) groups excluding carboxylic acids is 2. The fraction of sp³-hybridized carbons (Fsp3) is 0.143. The molecule has 0 aliphatic carbocycles. The predicted octanol–water partition coefficient (Wildman–Crippen LogP) is 3.32. The lowest BCUT2D eigenvalue weighted by atomic mass is 9.89. The Morgan fingerprint density at radius 1 is 1.00 bits per heavy atom. The molecule has 2 aromatic rings. The number of rotatable bonds is 10. The molecule has 0 spiro atoms. The third kappa shape index (κ3) is 5.26. The van der Waals surface area contributed by atoms with E-state index in [0.717, 1.165) is 5.56 Å². The van der Waals surface area contributed by atoms with Crippen LogP contribution in [0.25, 0.3) is 0 Å². The lowest BCUT2D eigenvalue weighted by Gasteiger charge is -2.19. The van der Waals surface area contributed by atoms with Crippen LogP contribution in [-0.2, 0) is 15.6 Å². The molecule has 6 heteroatoms.